The number of ether oxygens (including phenoxy) is 1. The van der Waals surface area contributed by atoms with Crippen LogP contribution in [0.3, 0.4) is 0 Å². The lowest BCUT2D eigenvalue weighted by molar-refractivity contribution is 0.0468. The highest BCUT2D eigenvalue weighted by Crippen LogP contribution is 2.42. The number of aliphatic hydroxyl groups is 1. The first kappa shape index (κ1) is 16.8. The van der Waals surface area contributed by atoms with E-state index in [-0.39, 0.29) is 23.1 Å². The number of halogens is 1. The third-order valence-corrected chi connectivity index (χ3v) is 5.39. The number of aliphatic hydroxyl groups excluding tert-OH is 1. The van der Waals surface area contributed by atoms with Crippen LogP contribution in [0, 0.1) is 5.82 Å². The maximum Gasteiger partial charge on any atom is 0.343 e. The second-order valence-corrected chi connectivity index (χ2v) is 6.89. The third-order valence-electron chi connectivity index (χ3n) is 3.99. The Labute approximate surface area is 143 Å². The Morgan fingerprint density at radius 2 is 2.04 bits per heavy atom. The Hall–Kier alpha value is -2.05. The summed E-state index contributed by atoms with van der Waals surface area (Å²) in [5.74, 6) is -0.747. The number of esters is 1. The predicted octanol–water partition coefficient (Wildman–Crippen LogP) is 3.30. The summed E-state index contributed by atoms with van der Waals surface area (Å²) in [5, 5.41) is 9.60. The highest BCUT2D eigenvalue weighted by atomic mass is 32.2. The van der Waals surface area contributed by atoms with Crippen LogP contribution in [0.25, 0.3) is 0 Å². The highest BCUT2D eigenvalue weighted by molar-refractivity contribution is 7.99. The summed E-state index contributed by atoms with van der Waals surface area (Å²) in [6, 6.07) is 12.2. The van der Waals surface area contributed by atoms with Crippen LogP contribution >= 0.6 is 11.8 Å². The van der Waals surface area contributed by atoms with Crippen LogP contribution in [0.1, 0.15) is 33.2 Å². The number of rotatable bonds is 4. The van der Waals surface area contributed by atoms with E-state index in [1.54, 1.807) is 0 Å². The summed E-state index contributed by atoms with van der Waals surface area (Å²) in [5.41, 5.74) is 6.66. The van der Waals surface area contributed by atoms with Crippen LogP contribution in [0.15, 0.2) is 42.5 Å². The maximum absolute atomic E-state index is 14.8. The van der Waals surface area contributed by atoms with E-state index in [9.17, 15) is 14.3 Å². The van der Waals surface area contributed by atoms with Crippen molar-refractivity contribution in [2.45, 2.75) is 24.4 Å². The minimum absolute atomic E-state index is 0.0341. The molecule has 1 heterocycles. The zero-order valence-electron chi connectivity index (χ0n) is 12.9. The molecule has 4 nitrogen and oxygen atoms in total. The maximum atomic E-state index is 14.8. The Bertz CT molecular complexity index is 739. The lowest BCUT2D eigenvalue weighted by Gasteiger charge is -2.17. The van der Waals surface area contributed by atoms with Gasteiger partial charge in [-0.2, -0.15) is 11.8 Å². The van der Waals surface area contributed by atoms with Crippen molar-refractivity contribution in [3.05, 3.63) is 65.0 Å². The normalized spacial score (nSPS) is 20.1. The Balaban J connectivity index is 1.82. The van der Waals surface area contributed by atoms with E-state index in [0.717, 1.165) is 11.3 Å². The average molecular weight is 347 g/mol. The van der Waals surface area contributed by atoms with Crippen molar-refractivity contribution < 1.29 is 19.0 Å². The van der Waals surface area contributed by atoms with Crippen molar-refractivity contribution in [3.63, 3.8) is 0 Å². The van der Waals surface area contributed by atoms with Crippen LogP contribution < -0.4 is 5.73 Å². The van der Waals surface area contributed by atoms with Crippen molar-refractivity contribution in [2.24, 2.45) is 0 Å². The highest BCUT2D eigenvalue weighted by Gasteiger charge is 2.32. The molecule has 1 saturated heterocycles. The Morgan fingerprint density at radius 1 is 1.29 bits per heavy atom. The number of carbonyl (C=O) groups is 1. The van der Waals surface area contributed by atoms with Gasteiger partial charge in [0, 0.05) is 11.3 Å². The molecule has 24 heavy (non-hydrogen) atoms. The van der Waals surface area contributed by atoms with Crippen molar-refractivity contribution >= 4 is 23.4 Å². The molecule has 0 spiro atoms. The SMILES string of the molecule is Nc1ccc(C2SCCC2O)c(F)c1C(=O)OCc1ccccc1. The molecule has 0 saturated carbocycles. The monoisotopic (exact) mass is 347 g/mol. The van der Waals surface area contributed by atoms with Crippen molar-refractivity contribution in [3.8, 4) is 0 Å². The van der Waals surface area contributed by atoms with E-state index >= 15 is 0 Å². The molecule has 1 aliphatic rings. The topological polar surface area (TPSA) is 72.5 Å². The molecule has 3 rings (SSSR count). The van der Waals surface area contributed by atoms with Crippen LogP contribution in [0.2, 0.25) is 0 Å². The van der Waals surface area contributed by atoms with Gasteiger partial charge in [-0.05, 0) is 23.8 Å². The minimum Gasteiger partial charge on any atom is -0.457 e. The van der Waals surface area contributed by atoms with Gasteiger partial charge in [-0.15, -0.1) is 0 Å². The molecule has 2 aromatic rings. The zero-order valence-corrected chi connectivity index (χ0v) is 13.8. The number of benzene rings is 2. The second kappa shape index (κ2) is 7.23. The molecule has 0 radical (unpaired) electrons. The lowest BCUT2D eigenvalue weighted by atomic mass is 10.0. The van der Waals surface area contributed by atoms with Crippen molar-refractivity contribution in [2.75, 3.05) is 11.5 Å². The summed E-state index contributed by atoms with van der Waals surface area (Å²) >= 11 is 1.47. The quantitative estimate of drug-likeness (QED) is 0.656. The van der Waals surface area contributed by atoms with Crippen LogP contribution in [-0.2, 0) is 11.3 Å². The Kier molecular flexibility index (Phi) is 5.06. The van der Waals surface area contributed by atoms with Gasteiger partial charge >= 0.3 is 5.97 Å². The van der Waals surface area contributed by atoms with E-state index in [1.807, 2.05) is 30.3 Å². The molecular weight excluding hydrogens is 329 g/mol. The smallest absolute Gasteiger partial charge is 0.343 e. The zero-order chi connectivity index (χ0) is 17.1. The van der Waals surface area contributed by atoms with Crippen LogP contribution in [0.5, 0.6) is 0 Å². The number of thioether (sulfide) groups is 1. The summed E-state index contributed by atoms with van der Waals surface area (Å²) < 4.78 is 20.0. The summed E-state index contributed by atoms with van der Waals surface area (Å²) in [6.07, 6.45) is -0.0197. The molecule has 126 valence electrons. The fourth-order valence-corrected chi connectivity index (χ4v) is 4.06. The van der Waals surface area contributed by atoms with Gasteiger partial charge in [-0.3, -0.25) is 0 Å². The summed E-state index contributed by atoms with van der Waals surface area (Å²) in [6.45, 7) is 0.0452. The van der Waals surface area contributed by atoms with Gasteiger partial charge in [0.2, 0.25) is 0 Å². The standard InChI is InChI=1S/C18H18FNO3S/c19-16-12(17-14(21)8-9-24-17)6-7-13(20)15(16)18(22)23-10-11-4-2-1-3-5-11/h1-7,14,17,21H,8-10,20H2. The van der Waals surface area contributed by atoms with Crippen molar-refractivity contribution in [1.82, 2.24) is 0 Å². The molecule has 0 aromatic heterocycles. The third kappa shape index (κ3) is 3.39. The number of carbonyl (C=O) groups excluding carboxylic acids is 1. The molecule has 0 aliphatic carbocycles. The molecule has 1 fully saturated rings. The fourth-order valence-electron chi connectivity index (χ4n) is 2.70. The van der Waals surface area contributed by atoms with Gasteiger partial charge < -0.3 is 15.6 Å². The lowest BCUT2D eigenvalue weighted by Crippen LogP contribution is -2.16. The van der Waals surface area contributed by atoms with E-state index in [2.05, 4.69) is 0 Å². The number of nitrogens with two attached hydrogens (primary N) is 1. The number of hydrogen-bond donors (Lipinski definition) is 2. The van der Waals surface area contributed by atoms with Gasteiger partial charge in [-0.1, -0.05) is 36.4 Å². The van der Waals surface area contributed by atoms with Gasteiger partial charge in [-0.25, -0.2) is 9.18 Å². The summed E-state index contributed by atoms with van der Waals surface area (Å²) in [7, 11) is 0. The molecule has 6 heteroatoms. The number of hydrogen-bond acceptors (Lipinski definition) is 5. The molecule has 2 aromatic carbocycles. The van der Waals surface area contributed by atoms with E-state index < -0.39 is 17.9 Å². The van der Waals surface area contributed by atoms with Gasteiger partial charge in [0.05, 0.1) is 11.4 Å². The number of anilines is 1. The van der Waals surface area contributed by atoms with Gasteiger partial charge in [0.1, 0.15) is 18.0 Å². The molecule has 2 atom stereocenters. The molecular formula is C18H18FNO3S. The van der Waals surface area contributed by atoms with Gasteiger partial charge in [0.15, 0.2) is 0 Å². The first-order valence-corrected chi connectivity index (χ1v) is 8.71. The van der Waals surface area contributed by atoms with Crippen molar-refractivity contribution in [1.29, 1.82) is 0 Å². The second-order valence-electron chi connectivity index (χ2n) is 5.64. The summed E-state index contributed by atoms with van der Waals surface area (Å²) in [4.78, 5) is 12.3. The average Bonchev–Trinajstić information content (AvgIpc) is 3.00. The fraction of sp³-hybridized carbons (Fsp3) is 0.278. The van der Waals surface area contributed by atoms with E-state index in [1.165, 1.54) is 23.9 Å². The predicted molar refractivity (Wildman–Crippen MR) is 92.2 cm³/mol. The van der Waals surface area contributed by atoms with Crippen LogP contribution in [-0.4, -0.2) is 22.9 Å². The minimum atomic E-state index is -0.798. The molecule has 0 amide bonds. The molecule has 1 aliphatic heterocycles. The first-order chi connectivity index (χ1) is 11.6. The Morgan fingerprint density at radius 3 is 2.71 bits per heavy atom. The molecule has 2 unspecified atom stereocenters. The van der Waals surface area contributed by atoms with Crippen LogP contribution in [0.4, 0.5) is 10.1 Å². The van der Waals surface area contributed by atoms with E-state index in [0.29, 0.717) is 12.0 Å². The molecule has 3 N–H and O–H groups in total. The molecule has 0 bridgehead atoms. The van der Waals surface area contributed by atoms with E-state index in [4.69, 9.17) is 10.5 Å². The largest absolute Gasteiger partial charge is 0.457 e. The first-order valence-electron chi connectivity index (χ1n) is 7.66. The van der Waals surface area contributed by atoms with Gasteiger partial charge in [0.25, 0.3) is 0 Å². The number of nitrogen functional groups attached to an aromatic ring is 1.